The Morgan fingerprint density at radius 2 is 1.30 bits per heavy atom. The van der Waals surface area contributed by atoms with E-state index in [0.29, 0.717) is 21.2 Å². The van der Waals surface area contributed by atoms with Crippen LogP contribution in [0.25, 0.3) is 0 Å². The van der Waals surface area contributed by atoms with Crippen molar-refractivity contribution in [3.8, 4) is 0 Å². The molecule has 1 aromatic rings. The number of carboxylic acid groups (broad SMARTS) is 2. The highest BCUT2D eigenvalue weighted by molar-refractivity contribution is 8.01. The monoisotopic (exact) mass is 316 g/mol. The third kappa shape index (κ3) is 4.24. The van der Waals surface area contributed by atoms with Gasteiger partial charge in [0, 0.05) is 21.2 Å². The highest BCUT2D eigenvalue weighted by Gasteiger charge is 2.18. The Kier molecular flexibility index (Phi) is 5.58. The van der Waals surface area contributed by atoms with Gasteiger partial charge in [0.1, 0.15) is 10.5 Å². The van der Waals surface area contributed by atoms with Gasteiger partial charge in [-0.15, -0.1) is 23.5 Å². The minimum Gasteiger partial charge on any atom is -0.480 e. The largest absolute Gasteiger partial charge is 0.480 e. The van der Waals surface area contributed by atoms with Crippen LogP contribution in [-0.2, 0) is 9.59 Å². The fourth-order valence-electron chi connectivity index (χ4n) is 1.28. The molecule has 0 spiro atoms. The highest BCUT2D eigenvalue weighted by Crippen LogP contribution is 2.37. The standard InChI is InChI=1S/C12H16N2O4S2/c1-5(11(15)16)19-9-4-10(8(14)3-7(9)13)20-6(2)12(17)18/h3-6H,13-14H2,1-2H3,(H,15,16)(H,17,18). The van der Waals surface area contributed by atoms with E-state index in [1.807, 2.05) is 0 Å². The van der Waals surface area contributed by atoms with E-state index in [0.717, 1.165) is 23.5 Å². The van der Waals surface area contributed by atoms with Crippen molar-refractivity contribution < 1.29 is 19.8 Å². The van der Waals surface area contributed by atoms with Crippen LogP contribution in [0.4, 0.5) is 11.4 Å². The normalized spacial score (nSPS) is 13.7. The first-order valence-corrected chi connectivity index (χ1v) is 7.46. The number of carboxylic acids is 2. The minimum absolute atomic E-state index is 0.382. The summed E-state index contributed by atoms with van der Waals surface area (Å²) in [6.45, 7) is 3.10. The van der Waals surface area contributed by atoms with Gasteiger partial charge < -0.3 is 21.7 Å². The van der Waals surface area contributed by atoms with Gasteiger partial charge in [0.2, 0.25) is 0 Å². The maximum Gasteiger partial charge on any atom is 0.316 e. The predicted molar refractivity (Wildman–Crippen MR) is 81.2 cm³/mol. The molecule has 0 aromatic heterocycles. The van der Waals surface area contributed by atoms with Crippen LogP contribution in [0.5, 0.6) is 0 Å². The van der Waals surface area contributed by atoms with E-state index in [1.165, 1.54) is 6.07 Å². The maximum absolute atomic E-state index is 10.9. The number of nitrogens with two attached hydrogens (primary N) is 2. The lowest BCUT2D eigenvalue weighted by atomic mass is 10.3. The number of hydrogen-bond acceptors (Lipinski definition) is 6. The van der Waals surface area contributed by atoms with Gasteiger partial charge in [-0.1, -0.05) is 0 Å². The molecular formula is C12H16N2O4S2. The summed E-state index contributed by atoms with van der Waals surface area (Å²) in [6.07, 6.45) is 0. The van der Waals surface area contributed by atoms with E-state index in [1.54, 1.807) is 19.9 Å². The summed E-state index contributed by atoms with van der Waals surface area (Å²) in [5, 5.41) is 16.5. The molecule has 0 heterocycles. The fraction of sp³-hybridized carbons (Fsp3) is 0.333. The number of carbonyl (C=O) groups is 2. The van der Waals surface area contributed by atoms with Crippen molar-refractivity contribution in [2.45, 2.75) is 34.1 Å². The summed E-state index contributed by atoms with van der Waals surface area (Å²) >= 11 is 2.19. The summed E-state index contributed by atoms with van der Waals surface area (Å²) in [4.78, 5) is 22.9. The number of nitrogen functional groups attached to an aromatic ring is 2. The molecule has 0 amide bonds. The van der Waals surface area contributed by atoms with Crippen LogP contribution in [0, 0.1) is 0 Å². The second kappa shape index (κ2) is 6.76. The third-order valence-electron chi connectivity index (χ3n) is 2.45. The lowest BCUT2D eigenvalue weighted by Gasteiger charge is -2.14. The number of aliphatic carboxylic acids is 2. The summed E-state index contributed by atoms with van der Waals surface area (Å²) in [6, 6.07) is 3.16. The van der Waals surface area contributed by atoms with E-state index in [9.17, 15) is 9.59 Å². The van der Waals surface area contributed by atoms with E-state index >= 15 is 0 Å². The van der Waals surface area contributed by atoms with E-state index in [-0.39, 0.29) is 0 Å². The molecule has 6 N–H and O–H groups in total. The summed E-state index contributed by atoms with van der Waals surface area (Å²) in [5.74, 6) is -1.89. The smallest absolute Gasteiger partial charge is 0.316 e. The van der Waals surface area contributed by atoms with Crippen molar-refractivity contribution in [1.82, 2.24) is 0 Å². The molecule has 1 rings (SSSR count). The van der Waals surface area contributed by atoms with E-state index < -0.39 is 22.4 Å². The van der Waals surface area contributed by atoms with Crippen LogP contribution in [0.2, 0.25) is 0 Å². The van der Waals surface area contributed by atoms with E-state index in [4.69, 9.17) is 21.7 Å². The average molecular weight is 316 g/mol. The van der Waals surface area contributed by atoms with Gasteiger partial charge >= 0.3 is 11.9 Å². The molecule has 2 atom stereocenters. The zero-order valence-electron chi connectivity index (χ0n) is 11.0. The van der Waals surface area contributed by atoms with Crippen LogP contribution in [-0.4, -0.2) is 32.7 Å². The van der Waals surface area contributed by atoms with Gasteiger partial charge in [0.25, 0.3) is 0 Å². The van der Waals surface area contributed by atoms with Gasteiger partial charge in [-0.3, -0.25) is 9.59 Å². The zero-order chi connectivity index (χ0) is 15.4. The van der Waals surface area contributed by atoms with Crippen molar-refractivity contribution in [2.75, 3.05) is 11.5 Å². The SMILES string of the molecule is CC(Sc1cc(SC(C)C(=O)O)c(N)cc1N)C(=O)O. The molecule has 0 saturated heterocycles. The van der Waals surface area contributed by atoms with Gasteiger partial charge in [-0.2, -0.15) is 0 Å². The molecule has 2 unspecified atom stereocenters. The first kappa shape index (κ1) is 16.5. The summed E-state index contributed by atoms with van der Waals surface area (Å²) in [7, 11) is 0. The average Bonchev–Trinajstić information content (AvgIpc) is 2.34. The third-order valence-corrected chi connectivity index (χ3v) is 4.77. The topological polar surface area (TPSA) is 127 Å². The lowest BCUT2D eigenvalue weighted by molar-refractivity contribution is -0.137. The Labute approximate surface area is 124 Å². The van der Waals surface area contributed by atoms with Crippen molar-refractivity contribution in [2.24, 2.45) is 0 Å². The number of benzene rings is 1. The molecule has 1 aromatic carbocycles. The van der Waals surface area contributed by atoms with Gasteiger partial charge in [0.15, 0.2) is 0 Å². The van der Waals surface area contributed by atoms with Crippen LogP contribution < -0.4 is 11.5 Å². The molecule has 0 fully saturated rings. The molecule has 0 aliphatic heterocycles. The Balaban J connectivity index is 3.03. The number of hydrogen-bond donors (Lipinski definition) is 4. The Hall–Kier alpha value is -1.54. The van der Waals surface area contributed by atoms with Gasteiger partial charge in [0.05, 0.1) is 0 Å². The molecule has 0 aliphatic carbocycles. The number of anilines is 2. The lowest BCUT2D eigenvalue weighted by Crippen LogP contribution is -2.13. The zero-order valence-corrected chi connectivity index (χ0v) is 12.6. The maximum atomic E-state index is 10.9. The molecule has 6 nitrogen and oxygen atoms in total. The van der Waals surface area contributed by atoms with Crippen LogP contribution in [0.1, 0.15) is 13.8 Å². The molecule has 0 saturated carbocycles. The van der Waals surface area contributed by atoms with Crippen LogP contribution in [0.15, 0.2) is 21.9 Å². The molecular weight excluding hydrogens is 300 g/mol. The summed E-state index contributed by atoms with van der Waals surface area (Å²) in [5.41, 5.74) is 12.4. The Morgan fingerprint density at radius 3 is 1.60 bits per heavy atom. The molecule has 0 aliphatic rings. The highest BCUT2D eigenvalue weighted by atomic mass is 32.2. The van der Waals surface area contributed by atoms with Crippen LogP contribution in [0.3, 0.4) is 0 Å². The van der Waals surface area contributed by atoms with Crippen molar-refractivity contribution in [1.29, 1.82) is 0 Å². The molecule has 110 valence electrons. The van der Waals surface area contributed by atoms with Gasteiger partial charge in [-0.05, 0) is 26.0 Å². The second-order valence-corrected chi connectivity index (χ2v) is 6.89. The molecule has 0 radical (unpaired) electrons. The number of rotatable bonds is 6. The van der Waals surface area contributed by atoms with Crippen molar-refractivity contribution >= 4 is 46.8 Å². The molecule has 0 bridgehead atoms. The Morgan fingerprint density at radius 1 is 0.950 bits per heavy atom. The first-order chi connectivity index (χ1) is 9.22. The molecule has 8 heteroatoms. The molecule has 20 heavy (non-hydrogen) atoms. The Bertz CT molecular complexity index is 493. The van der Waals surface area contributed by atoms with Crippen molar-refractivity contribution in [3.63, 3.8) is 0 Å². The minimum atomic E-state index is -0.945. The van der Waals surface area contributed by atoms with Crippen molar-refractivity contribution in [3.05, 3.63) is 12.1 Å². The van der Waals surface area contributed by atoms with E-state index in [2.05, 4.69) is 0 Å². The quantitative estimate of drug-likeness (QED) is 0.463. The fourth-order valence-corrected chi connectivity index (χ4v) is 3.08. The van der Waals surface area contributed by atoms with Crippen LogP contribution >= 0.6 is 23.5 Å². The summed E-state index contributed by atoms with van der Waals surface area (Å²) < 4.78 is 0. The predicted octanol–water partition coefficient (Wildman–Crippen LogP) is 1.98. The van der Waals surface area contributed by atoms with Gasteiger partial charge in [-0.25, -0.2) is 0 Å². The number of thioether (sulfide) groups is 2. The second-order valence-electron chi connectivity index (χ2n) is 4.12. The first-order valence-electron chi connectivity index (χ1n) is 5.70.